The van der Waals surface area contributed by atoms with Gasteiger partial charge in [-0.3, -0.25) is 4.79 Å². The molecule has 27 heavy (non-hydrogen) atoms. The summed E-state index contributed by atoms with van der Waals surface area (Å²) in [6.07, 6.45) is 1.22. The van der Waals surface area contributed by atoms with Gasteiger partial charge in [0.1, 0.15) is 5.75 Å². The van der Waals surface area contributed by atoms with Crippen LogP contribution in [0.3, 0.4) is 0 Å². The summed E-state index contributed by atoms with van der Waals surface area (Å²) < 4.78 is 31.3. The quantitative estimate of drug-likeness (QED) is 0.526. The fourth-order valence-electron chi connectivity index (χ4n) is 2.33. The van der Waals surface area contributed by atoms with Gasteiger partial charge in [-0.2, -0.15) is 5.10 Å². The molecule has 0 heterocycles. The lowest BCUT2D eigenvalue weighted by Gasteiger charge is -2.06. The molecule has 4 nitrogen and oxygen atoms in total. The summed E-state index contributed by atoms with van der Waals surface area (Å²) >= 11 is 0. The highest BCUT2D eigenvalue weighted by atomic mass is 19.2. The van der Waals surface area contributed by atoms with Crippen molar-refractivity contribution in [3.63, 3.8) is 0 Å². The number of carbonyl (C=O) groups excluding carboxylic acids is 1. The van der Waals surface area contributed by atoms with E-state index in [4.69, 9.17) is 4.74 Å². The van der Waals surface area contributed by atoms with Crippen LogP contribution in [0.1, 0.15) is 5.56 Å². The molecule has 6 heteroatoms. The molecule has 3 rings (SSSR count). The minimum Gasteiger partial charge on any atom is -0.484 e. The van der Waals surface area contributed by atoms with E-state index in [-0.39, 0.29) is 6.61 Å². The molecular weight excluding hydrogens is 350 g/mol. The van der Waals surface area contributed by atoms with Gasteiger partial charge < -0.3 is 4.74 Å². The maximum Gasteiger partial charge on any atom is 0.277 e. The number of benzene rings is 3. The molecule has 1 amide bonds. The molecule has 3 aromatic rings. The first-order valence-electron chi connectivity index (χ1n) is 8.17. The lowest BCUT2D eigenvalue weighted by molar-refractivity contribution is -0.123. The molecule has 0 unspecified atom stereocenters. The van der Waals surface area contributed by atoms with Crippen LogP contribution in [0.2, 0.25) is 0 Å². The predicted octanol–water partition coefficient (Wildman–Crippen LogP) is 4.16. The molecule has 0 aliphatic heterocycles. The van der Waals surface area contributed by atoms with Crippen molar-refractivity contribution in [1.82, 2.24) is 5.43 Å². The van der Waals surface area contributed by atoms with Gasteiger partial charge in [-0.1, -0.05) is 48.5 Å². The minimum absolute atomic E-state index is 0.222. The summed E-state index contributed by atoms with van der Waals surface area (Å²) in [4.78, 5) is 11.7. The number of nitrogens with zero attached hydrogens (tertiary/aromatic N) is 1. The number of nitrogens with one attached hydrogen (secondary N) is 1. The largest absolute Gasteiger partial charge is 0.484 e. The number of ether oxygens (including phenoxy) is 1. The van der Waals surface area contributed by atoms with E-state index >= 15 is 0 Å². The zero-order valence-electron chi connectivity index (χ0n) is 14.2. The summed E-state index contributed by atoms with van der Waals surface area (Å²) in [6.45, 7) is -0.222. The normalized spacial score (nSPS) is 10.7. The van der Waals surface area contributed by atoms with Crippen molar-refractivity contribution in [2.45, 2.75) is 0 Å². The predicted molar refractivity (Wildman–Crippen MR) is 99.5 cm³/mol. The number of hydrazone groups is 1. The topological polar surface area (TPSA) is 50.7 Å². The Kier molecular flexibility index (Phi) is 5.89. The van der Waals surface area contributed by atoms with Crippen molar-refractivity contribution >= 4 is 12.1 Å². The van der Waals surface area contributed by atoms with E-state index < -0.39 is 17.5 Å². The average molecular weight is 366 g/mol. The highest BCUT2D eigenvalue weighted by Crippen LogP contribution is 2.21. The van der Waals surface area contributed by atoms with Crippen LogP contribution in [-0.4, -0.2) is 18.7 Å². The summed E-state index contributed by atoms with van der Waals surface area (Å²) in [6, 6.07) is 20.6. The third-order valence-corrected chi connectivity index (χ3v) is 3.68. The van der Waals surface area contributed by atoms with Crippen LogP contribution in [0.25, 0.3) is 11.1 Å². The maximum absolute atomic E-state index is 13.1. The number of hydrogen-bond acceptors (Lipinski definition) is 3. The molecule has 0 aliphatic rings. The molecule has 0 atom stereocenters. The molecule has 0 saturated carbocycles. The Labute approximate surface area is 155 Å². The van der Waals surface area contributed by atoms with Gasteiger partial charge in [-0.05, 0) is 41.0 Å². The summed E-state index contributed by atoms with van der Waals surface area (Å²) in [5, 5.41) is 3.68. The molecule has 136 valence electrons. The monoisotopic (exact) mass is 366 g/mol. The Morgan fingerprint density at radius 1 is 0.926 bits per heavy atom. The first kappa shape index (κ1) is 18.3. The Morgan fingerprint density at radius 3 is 2.33 bits per heavy atom. The van der Waals surface area contributed by atoms with Crippen molar-refractivity contribution < 1.29 is 18.3 Å². The third-order valence-electron chi connectivity index (χ3n) is 3.68. The molecule has 0 saturated heterocycles. The second-order valence-electron chi connectivity index (χ2n) is 5.65. The first-order chi connectivity index (χ1) is 13.1. The van der Waals surface area contributed by atoms with Crippen LogP contribution >= 0.6 is 0 Å². The number of rotatable bonds is 6. The number of carbonyl (C=O) groups is 1. The SMILES string of the molecule is O=C(COc1ccc(-c2ccccc2)cc1)N/N=C\c1ccc(F)c(F)c1. The molecule has 0 aliphatic carbocycles. The molecular formula is C21H16F2N2O2. The van der Waals surface area contributed by atoms with E-state index in [2.05, 4.69) is 10.5 Å². The molecule has 3 aromatic carbocycles. The van der Waals surface area contributed by atoms with Crippen molar-refractivity contribution in [2.24, 2.45) is 5.10 Å². The van der Waals surface area contributed by atoms with Crippen LogP contribution < -0.4 is 10.2 Å². The van der Waals surface area contributed by atoms with Gasteiger partial charge >= 0.3 is 0 Å². The van der Waals surface area contributed by atoms with Crippen molar-refractivity contribution in [1.29, 1.82) is 0 Å². The van der Waals surface area contributed by atoms with Crippen LogP contribution in [0.15, 0.2) is 77.9 Å². The zero-order valence-corrected chi connectivity index (χ0v) is 14.2. The van der Waals surface area contributed by atoms with E-state index in [1.54, 1.807) is 12.1 Å². The maximum atomic E-state index is 13.1. The van der Waals surface area contributed by atoms with Gasteiger partial charge in [0.25, 0.3) is 5.91 Å². The number of halogens is 2. The second-order valence-corrected chi connectivity index (χ2v) is 5.65. The smallest absolute Gasteiger partial charge is 0.277 e. The molecule has 0 bridgehead atoms. The van der Waals surface area contributed by atoms with Crippen LogP contribution in [0.5, 0.6) is 5.75 Å². The van der Waals surface area contributed by atoms with Crippen LogP contribution in [0, 0.1) is 11.6 Å². The summed E-state index contributed by atoms with van der Waals surface area (Å²) in [5.41, 5.74) is 4.72. The Balaban J connectivity index is 1.49. The Hall–Kier alpha value is -3.54. The molecule has 0 fully saturated rings. The molecule has 1 N–H and O–H groups in total. The fraction of sp³-hybridized carbons (Fsp3) is 0.0476. The van der Waals surface area contributed by atoms with Crippen molar-refractivity contribution in [3.8, 4) is 16.9 Å². The second kappa shape index (κ2) is 8.71. The van der Waals surface area contributed by atoms with Gasteiger partial charge in [0.2, 0.25) is 0 Å². The van der Waals surface area contributed by atoms with Gasteiger partial charge in [-0.25, -0.2) is 14.2 Å². The van der Waals surface area contributed by atoms with Crippen LogP contribution in [0.4, 0.5) is 8.78 Å². The summed E-state index contributed by atoms with van der Waals surface area (Å²) in [7, 11) is 0. The molecule has 0 aromatic heterocycles. The molecule has 0 radical (unpaired) electrons. The summed E-state index contributed by atoms with van der Waals surface area (Å²) in [5.74, 6) is -1.84. The zero-order chi connectivity index (χ0) is 19.1. The third kappa shape index (κ3) is 5.22. The van der Waals surface area contributed by atoms with Gasteiger partial charge in [0.05, 0.1) is 6.21 Å². The standard InChI is InChI=1S/C21H16F2N2O2/c22-19-11-6-15(12-20(19)23)13-24-25-21(26)14-27-18-9-7-17(8-10-18)16-4-2-1-3-5-16/h1-13H,14H2,(H,25,26)/b24-13-. The van der Waals surface area contributed by atoms with Gasteiger partial charge in [0, 0.05) is 0 Å². The highest BCUT2D eigenvalue weighted by Gasteiger charge is 2.03. The van der Waals surface area contributed by atoms with Crippen molar-refractivity contribution in [3.05, 3.63) is 90.0 Å². The minimum atomic E-state index is -0.979. The van der Waals surface area contributed by atoms with Gasteiger partial charge in [0.15, 0.2) is 18.2 Å². The lowest BCUT2D eigenvalue weighted by Crippen LogP contribution is -2.24. The van der Waals surface area contributed by atoms with Crippen LogP contribution in [-0.2, 0) is 4.79 Å². The Bertz CT molecular complexity index is 942. The first-order valence-corrected chi connectivity index (χ1v) is 8.17. The highest BCUT2D eigenvalue weighted by molar-refractivity contribution is 5.82. The lowest BCUT2D eigenvalue weighted by atomic mass is 10.1. The molecule has 0 spiro atoms. The number of hydrogen-bond donors (Lipinski definition) is 1. The van der Waals surface area contributed by atoms with E-state index in [1.807, 2.05) is 42.5 Å². The van der Waals surface area contributed by atoms with Crippen molar-refractivity contribution in [2.75, 3.05) is 6.61 Å². The van der Waals surface area contributed by atoms with E-state index in [1.165, 1.54) is 12.3 Å². The number of amides is 1. The van der Waals surface area contributed by atoms with Gasteiger partial charge in [-0.15, -0.1) is 0 Å². The fourth-order valence-corrected chi connectivity index (χ4v) is 2.33. The van der Waals surface area contributed by atoms with E-state index in [0.29, 0.717) is 11.3 Å². The van der Waals surface area contributed by atoms with E-state index in [9.17, 15) is 13.6 Å². The van der Waals surface area contributed by atoms with E-state index in [0.717, 1.165) is 23.3 Å². The Morgan fingerprint density at radius 2 is 1.63 bits per heavy atom. The average Bonchev–Trinajstić information content (AvgIpc) is 2.70.